The van der Waals surface area contributed by atoms with Crippen LogP contribution in [-0.2, 0) is 16.0 Å². The number of halogens is 3. The minimum Gasteiger partial charge on any atom is -0.493 e. The van der Waals surface area contributed by atoms with Gasteiger partial charge in [-0.2, -0.15) is 13.2 Å². The zero-order valence-corrected chi connectivity index (χ0v) is 14.0. The summed E-state index contributed by atoms with van der Waals surface area (Å²) in [6, 6.07) is 3.12. The van der Waals surface area contributed by atoms with E-state index in [-0.39, 0.29) is 6.42 Å². The highest BCUT2D eigenvalue weighted by molar-refractivity contribution is 5.85. The Bertz CT molecular complexity index is 595. The maximum Gasteiger partial charge on any atom is 0.405 e. The molecule has 0 atom stereocenters. The molecule has 0 radical (unpaired) electrons. The highest BCUT2D eigenvalue weighted by Gasteiger charge is 2.27. The van der Waals surface area contributed by atoms with Gasteiger partial charge in [0.25, 0.3) is 0 Å². The molecule has 10 heteroatoms. The molecule has 0 aliphatic carbocycles. The van der Waals surface area contributed by atoms with Crippen LogP contribution in [0.5, 0.6) is 17.2 Å². The Balaban J connectivity index is 2.64. The SMILES string of the molecule is COc1cc(CC(=O)NCC(=O)NCC(F)(F)F)cc(OC)c1OC. The van der Waals surface area contributed by atoms with Crippen molar-refractivity contribution in [2.24, 2.45) is 0 Å². The van der Waals surface area contributed by atoms with Crippen molar-refractivity contribution in [3.63, 3.8) is 0 Å². The molecular weight excluding hydrogens is 345 g/mol. The molecule has 25 heavy (non-hydrogen) atoms. The van der Waals surface area contributed by atoms with Crippen molar-refractivity contribution in [3.8, 4) is 17.2 Å². The number of rotatable bonds is 8. The molecule has 0 unspecified atom stereocenters. The molecular formula is C15H19F3N2O5. The molecule has 1 aromatic rings. The Kier molecular flexibility index (Phi) is 7.34. The second-order valence-electron chi connectivity index (χ2n) is 4.88. The van der Waals surface area contributed by atoms with Gasteiger partial charge in [-0.25, -0.2) is 0 Å². The van der Waals surface area contributed by atoms with Crippen LogP contribution < -0.4 is 24.8 Å². The van der Waals surface area contributed by atoms with Gasteiger partial charge >= 0.3 is 6.18 Å². The molecule has 0 heterocycles. The number of alkyl halides is 3. The van der Waals surface area contributed by atoms with E-state index in [4.69, 9.17) is 14.2 Å². The van der Waals surface area contributed by atoms with Gasteiger partial charge in [-0.1, -0.05) is 0 Å². The summed E-state index contributed by atoms with van der Waals surface area (Å²) in [5.41, 5.74) is 0.516. The van der Waals surface area contributed by atoms with E-state index >= 15 is 0 Å². The first kappa shape index (κ1) is 20.4. The summed E-state index contributed by atoms with van der Waals surface area (Å²) in [5.74, 6) is -0.409. The predicted octanol–water partition coefficient (Wildman–Crippen LogP) is 1.05. The monoisotopic (exact) mass is 364 g/mol. The third-order valence-corrected chi connectivity index (χ3v) is 3.02. The van der Waals surface area contributed by atoms with E-state index in [1.165, 1.54) is 21.3 Å². The summed E-state index contributed by atoms with van der Waals surface area (Å²) in [7, 11) is 4.28. The van der Waals surface area contributed by atoms with Crippen LogP contribution in [0.1, 0.15) is 5.56 Å². The topological polar surface area (TPSA) is 85.9 Å². The van der Waals surface area contributed by atoms with Crippen LogP contribution >= 0.6 is 0 Å². The molecule has 0 aliphatic rings. The van der Waals surface area contributed by atoms with E-state index in [1.54, 1.807) is 17.4 Å². The van der Waals surface area contributed by atoms with Crippen LogP contribution in [0.3, 0.4) is 0 Å². The van der Waals surface area contributed by atoms with Crippen molar-refractivity contribution < 1.29 is 37.0 Å². The van der Waals surface area contributed by atoms with Gasteiger partial charge in [0.1, 0.15) is 6.54 Å². The Morgan fingerprint density at radius 1 is 0.960 bits per heavy atom. The lowest BCUT2D eigenvalue weighted by Crippen LogP contribution is -2.41. The normalized spacial score (nSPS) is 10.8. The minimum atomic E-state index is -4.50. The fourth-order valence-electron chi connectivity index (χ4n) is 1.93. The lowest BCUT2D eigenvalue weighted by atomic mass is 10.1. The molecule has 2 amide bonds. The Morgan fingerprint density at radius 3 is 1.96 bits per heavy atom. The standard InChI is InChI=1S/C15H19F3N2O5/c1-23-10-4-9(5-11(24-2)14(10)25-3)6-12(21)19-7-13(22)20-8-15(16,17)18/h4-5H,6-8H2,1-3H3,(H,19,21)(H,20,22). The lowest BCUT2D eigenvalue weighted by molar-refractivity contribution is -0.138. The number of hydrogen-bond donors (Lipinski definition) is 2. The first-order valence-electron chi connectivity index (χ1n) is 7.09. The first-order valence-corrected chi connectivity index (χ1v) is 7.09. The van der Waals surface area contributed by atoms with Crippen molar-refractivity contribution in [2.45, 2.75) is 12.6 Å². The van der Waals surface area contributed by atoms with E-state index in [9.17, 15) is 22.8 Å². The van der Waals surface area contributed by atoms with Crippen molar-refractivity contribution in [1.29, 1.82) is 0 Å². The third-order valence-electron chi connectivity index (χ3n) is 3.02. The fourth-order valence-corrected chi connectivity index (χ4v) is 1.93. The Hall–Kier alpha value is -2.65. The van der Waals surface area contributed by atoms with Gasteiger partial charge in [0.05, 0.1) is 34.3 Å². The highest BCUT2D eigenvalue weighted by atomic mass is 19.4. The molecule has 0 bridgehead atoms. The molecule has 0 saturated carbocycles. The number of hydrogen-bond acceptors (Lipinski definition) is 5. The second-order valence-corrected chi connectivity index (χ2v) is 4.88. The summed E-state index contributed by atoms with van der Waals surface area (Å²) in [5, 5.41) is 3.90. The van der Waals surface area contributed by atoms with Crippen LogP contribution in [0.15, 0.2) is 12.1 Å². The predicted molar refractivity (Wildman–Crippen MR) is 81.9 cm³/mol. The van der Waals surface area contributed by atoms with Crippen LogP contribution in [0.4, 0.5) is 13.2 Å². The molecule has 1 aromatic carbocycles. The lowest BCUT2D eigenvalue weighted by Gasteiger charge is -2.14. The van der Waals surface area contributed by atoms with Crippen LogP contribution in [-0.4, -0.2) is 52.4 Å². The summed E-state index contributed by atoms with van der Waals surface area (Å²) < 4.78 is 51.4. The quantitative estimate of drug-likeness (QED) is 0.720. The minimum absolute atomic E-state index is 0.122. The van der Waals surface area contributed by atoms with Gasteiger partial charge in [0.15, 0.2) is 11.5 Å². The van der Waals surface area contributed by atoms with E-state index in [0.717, 1.165) is 0 Å². The number of amides is 2. The smallest absolute Gasteiger partial charge is 0.405 e. The van der Waals surface area contributed by atoms with Crippen molar-refractivity contribution in [2.75, 3.05) is 34.4 Å². The molecule has 0 fully saturated rings. The zero-order valence-electron chi connectivity index (χ0n) is 14.0. The number of carbonyl (C=O) groups is 2. The van der Waals surface area contributed by atoms with Gasteiger partial charge in [-0.3, -0.25) is 9.59 Å². The van der Waals surface area contributed by atoms with Crippen molar-refractivity contribution in [3.05, 3.63) is 17.7 Å². The molecule has 0 aromatic heterocycles. The summed E-state index contributed by atoms with van der Waals surface area (Å²) in [4.78, 5) is 23.1. The number of carbonyl (C=O) groups excluding carboxylic acids is 2. The number of ether oxygens (including phenoxy) is 3. The van der Waals surface area contributed by atoms with Crippen molar-refractivity contribution >= 4 is 11.8 Å². The fraction of sp³-hybridized carbons (Fsp3) is 0.467. The molecule has 2 N–H and O–H groups in total. The zero-order chi connectivity index (χ0) is 19.0. The third kappa shape index (κ3) is 6.77. The van der Waals surface area contributed by atoms with Gasteiger partial charge in [0.2, 0.25) is 17.6 Å². The van der Waals surface area contributed by atoms with Crippen molar-refractivity contribution in [1.82, 2.24) is 10.6 Å². The number of methoxy groups -OCH3 is 3. The highest BCUT2D eigenvalue weighted by Crippen LogP contribution is 2.38. The van der Waals surface area contributed by atoms with Gasteiger partial charge in [-0.05, 0) is 17.7 Å². The summed E-state index contributed by atoms with van der Waals surface area (Å²) in [6.45, 7) is -2.01. The maximum absolute atomic E-state index is 12.0. The van der Waals surface area contributed by atoms with E-state index in [1.807, 2.05) is 0 Å². The molecule has 7 nitrogen and oxygen atoms in total. The molecule has 140 valence electrons. The van der Waals surface area contributed by atoms with Crippen LogP contribution in [0.2, 0.25) is 0 Å². The number of benzene rings is 1. The Morgan fingerprint density at radius 2 is 1.52 bits per heavy atom. The number of nitrogens with one attached hydrogen (secondary N) is 2. The molecule has 0 spiro atoms. The average Bonchev–Trinajstić information content (AvgIpc) is 2.56. The van der Waals surface area contributed by atoms with Gasteiger partial charge in [0, 0.05) is 0 Å². The largest absolute Gasteiger partial charge is 0.493 e. The summed E-state index contributed by atoms with van der Waals surface area (Å²) in [6.07, 6.45) is -4.63. The van der Waals surface area contributed by atoms with Gasteiger partial charge < -0.3 is 24.8 Å². The van der Waals surface area contributed by atoms with Crippen LogP contribution in [0.25, 0.3) is 0 Å². The Labute approximate surface area is 142 Å². The van der Waals surface area contributed by atoms with E-state index in [2.05, 4.69) is 5.32 Å². The molecule has 0 saturated heterocycles. The first-order chi connectivity index (χ1) is 11.7. The van der Waals surface area contributed by atoms with E-state index < -0.39 is 31.1 Å². The maximum atomic E-state index is 12.0. The molecule has 1 rings (SSSR count). The van der Waals surface area contributed by atoms with Crippen LogP contribution in [0, 0.1) is 0 Å². The van der Waals surface area contributed by atoms with E-state index in [0.29, 0.717) is 22.8 Å². The summed E-state index contributed by atoms with van der Waals surface area (Å²) >= 11 is 0. The van der Waals surface area contributed by atoms with Gasteiger partial charge in [-0.15, -0.1) is 0 Å². The molecule has 0 aliphatic heterocycles. The average molecular weight is 364 g/mol. The second kappa shape index (κ2) is 9.00.